The quantitative estimate of drug-likeness (QED) is 0.854. The lowest BCUT2D eigenvalue weighted by Gasteiger charge is -2.13. The molecule has 1 heterocycles. The highest BCUT2D eigenvalue weighted by atomic mass is 79.9. The predicted octanol–water partition coefficient (Wildman–Crippen LogP) is 2.54. The molecule has 2 aromatic rings. The third-order valence-corrected chi connectivity index (χ3v) is 2.87. The Labute approximate surface area is 107 Å². The Bertz CT molecular complexity index is 550. The standard InChI is InChI=1S/C11H12BrFN4/c1-7-14-11(16(2)3)17(15-7)9-6-4-5-8(12)10(9)13/h4-6H,1-3H3. The topological polar surface area (TPSA) is 34.0 Å². The van der Waals surface area contributed by atoms with Crippen LogP contribution < -0.4 is 4.90 Å². The number of anilines is 1. The molecule has 0 amide bonds. The molecule has 1 aromatic carbocycles. The number of aromatic nitrogens is 3. The van der Waals surface area contributed by atoms with Gasteiger partial charge in [-0.05, 0) is 35.0 Å². The Hall–Kier alpha value is -1.43. The van der Waals surface area contributed by atoms with Gasteiger partial charge in [-0.15, -0.1) is 5.10 Å². The first-order valence-electron chi connectivity index (χ1n) is 5.06. The van der Waals surface area contributed by atoms with E-state index in [9.17, 15) is 4.39 Å². The largest absolute Gasteiger partial charge is 0.347 e. The number of hydrogen-bond donors (Lipinski definition) is 0. The van der Waals surface area contributed by atoms with Gasteiger partial charge in [-0.25, -0.2) is 4.39 Å². The van der Waals surface area contributed by atoms with Crippen LogP contribution in [0.4, 0.5) is 10.3 Å². The van der Waals surface area contributed by atoms with E-state index in [0.29, 0.717) is 21.9 Å². The minimum absolute atomic E-state index is 0.347. The third kappa shape index (κ3) is 2.17. The summed E-state index contributed by atoms with van der Waals surface area (Å²) in [6.45, 7) is 1.78. The van der Waals surface area contributed by atoms with Crippen LogP contribution in [0.3, 0.4) is 0 Å². The molecule has 0 bridgehead atoms. The van der Waals surface area contributed by atoms with Crippen molar-refractivity contribution in [2.24, 2.45) is 0 Å². The first kappa shape index (κ1) is 12.0. The van der Waals surface area contributed by atoms with E-state index in [0.717, 1.165) is 0 Å². The molecule has 0 unspecified atom stereocenters. The molecule has 6 heteroatoms. The van der Waals surface area contributed by atoms with Crippen molar-refractivity contribution < 1.29 is 4.39 Å². The van der Waals surface area contributed by atoms with E-state index in [2.05, 4.69) is 26.0 Å². The summed E-state index contributed by atoms with van der Waals surface area (Å²) in [5.74, 6) is 0.855. The summed E-state index contributed by atoms with van der Waals surface area (Å²) in [5.41, 5.74) is 0.378. The van der Waals surface area contributed by atoms with Gasteiger partial charge in [0.05, 0.1) is 4.47 Å². The molecule has 0 aliphatic heterocycles. The highest BCUT2D eigenvalue weighted by Crippen LogP contribution is 2.24. The van der Waals surface area contributed by atoms with E-state index in [-0.39, 0.29) is 5.82 Å². The van der Waals surface area contributed by atoms with Crippen molar-refractivity contribution in [3.05, 3.63) is 34.3 Å². The summed E-state index contributed by atoms with van der Waals surface area (Å²) in [4.78, 5) is 6.05. The molecular formula is C11H12BrFN4. The lowest BCUT2D eigenvalue weighted by atomic mass is 10.3. The Morgan fingerprint density at radius 1 is 1.35 bits per heavy atom. The van der Waals surface area contributed by atoms with E-state index in [1.807, 2.05) is 14.1 Å². The molecule has 0 atom stereocenters. The zero-order chi connectivity index (χ0) is 12.6. The number of aryl methyl sites for hydroxylation is 1. The van der Waals surface area contributed by atoms with Gasteiger partial charge in [-0.1, -0.05) is 6.07 Å². The molecule has 0 fully saturated rings. The van der Waals surface area contributed by atoms with Gasteiger partial charge < -0.3 is 4.90 Å². The van der Waals surface area contributed by atoms with Crippen molar-refractivity contribution in [3.8, 4) is 5.69 Å². The van der Waals surface area contributed by atoms with Gasteiger partial charge in [0.1, 0.15) is 11.5 Å². The molecule has 0 radical (unpaired) electrons. The minimum Gasteiger partial charge on any atom is -0.347 e. The first-order valence-corrected chi connectivity index (χ1v) is 5.85. The van der Waals surface area contributed by atoms with Crippen LogP contribution in [-0.2, 0) is 0 Å². The molecule has 0 aliphatic rings. The number of benzene rings is 1. The van der Waals surface area contributed by atoms with Gasteiger partial charge in [-0.2, -0.15) is 9.67 Å². The minimum atomic E-state index is -0.347. The van der Waals surface area contributed by atoms with Crippen molar-refractivity contribution >= 4 is 21.9 Å². The predicted molar refractivity (Wildman–Crippen MR) is 68.1 cm³/mol. The van der Waals surface area contributed by atoms with Crippen LogP contribution in [0, 0.1) is 12.7 Å². The molecule has 90 valence electrons. The van der Waals surface area contributed by atoms with Crippen LogP contribution in [0.5, 0.6) is 0 Å². The lowest BCUT2D eigenvalue weighted by molar-refractivity contribution is 0.603. The second kappa shape index (κ2) is 4.44. The molecule has 0 saturated heterocycles. The van der Waals surface area contributed by atoms with E-state index < -0.39 is 0 Å². The molecule has 1 aromatic heterocycles. The van der Waals surface area contributed by atoms with Crippen LogP contribution in [-0.4, -0.2) is 28.9 Å². The molecular weight excluding hydrogens is 287 g/mol. The van der Waals surface area contributed by atoms with Crippen molar-refractivity contribution in [1.29, 1.82) is 0 Å². The summed E-state index contributed by atoms with van der Waals surface area (Å²) in [6.07, 6.45) is 0. The zero-order valence-electron chi connectivity index (χ0n) is 9.78. The fourth-order valence-electron chi connectivity index (χ4n) is 1.51. The van der Waals surface area contributed by atoms with Crippen LogP contribution >= 0.6 is 15.9 Å². The Kier molecular flexibility index (Phi) is 3.15. The van der Waals surface area contributed by atoms with Crippen LogP contribution in [0.2, 0.25) is 0 Å². The summed E-state index contributed by atoms with van der Waals surface area (Å²) < 4.78 is 15.9. The van der Waals surface area contributed by atoms with Crippen LogP contribution in [0.1, 0.15) is 5.82 Å². The summed E-state index contributed by atoms with van der Waals surface area (Å²) >= 11 is 3.16. The van der Waals surface area contributed by atoms with Crippen molar-refractivity contribution in [2.45, 2.75) is 6.92 Å². The molecule has 17 heavy (non-hydrogen) atoms. The fourth-order valence-corrected chi connectivity index (χ4v) is 1.87. The average Bonchev–Trinajstić information content (AvgIpc) is 2.64. The van der Waals surface area contributed by atoms with Crippen molar-refractivity contribution in [1.82, 2.24) is 14.8 Å². The number of nitrogens with zero attached hydrogens (tertiary/aromatic N) is 4. The van der Waals surface area contributed by atoms with E-state index in [1.54, 1.807) is 30.0 Å². The molecule has 0 saturated carbocycles. The van der Waals surface area contributed by atoms with Gasteiger partial charge in [0.2, 0.25) is 5.95 Å². The Balaban J connectivity index is 2.64. The van der Waals surface area contributed by atoms with Gasteiger partial charge in [-0.3, -0.25) is 0 Å². The molecule has 0 aliphatic carbocycles. The average molecular weight is 299 g/mol. The van der Waals surface area contributed by atoms with Crippen molar-refractivity contribution in [3.63, 3.8) is 0 Å². The van der Waals surface area contributed by atoms with E-state index >= 15 is 0 Å². The van der Waals surface area contributed by atoms with Gasteiger partial charge in [0.15, 0.2) is 5.82 Å². The summed E-state index contributed by atoms with van der Waals surface area (Å²) in [6, 6.07) is 5.08. The second-order valence-electron chi connectivity index (χ2n) is 3.84. The number of rotatable bonds is 2. The summed E-state index contributed by atoms with van der Waals surface area (Å²) in [7, 11) is 3.69. The van der Waals surface area contributed by atoms with Gasteiger partial charge in [0.25, 0.3) is 0 Å². The molecule has 0 N–H and O–H groups in total. The van der Waals surface area contributed by atoms with Gasteiger partial charge >= 0.3 is 0 Å². The Morgan fingerprint density at radius 2 is 2.06 bits per heavy atom. The SMILES string of the molecule is Cc1nc(N(C)C)n(-c2cccc(Br)c2F)n1. The normalized spacial score (nSPS) is 10.6. The van der Waals surface area contributed by atoms with Crippen LogP contribution in [0.25, 0.3) is 5.69 Å². The lowest BCUT2D eigenvalue weighted by Crippen LogP contribution is -2.16. The molecule has 4 nitrogen and oxygen atoms in total. The smallest absolute Gasteiger partial charge is 0.228 e. The Morgan fingerprint density at radius 3 is 2.71 bits per heavy atom. The van der Waals surface area contributed by atoms with Crippen molar-refractivity contribution in [2.75, 3.05) is 19.0 Å². The monoisotopic (exact) mass is 298 g/mol. The first-order chi connectivity index (χ1) is 8.00. The molecule has 0 spiro atoms. The third-order valence-electron chi connectivity index (χ3n) is 2.26. The van der Waals surface area contributed by atoms with Gasteiger partial charge in [0, 0.05) is 14.1 Å². The van der Waals surface area contributed by atoms with E-state index in [4.69, 9.17) is 0 Å². The maximum absolute atomic E-state index is 14.0. The maximum Gasteiger partial charge on any atom is 0.228 e. The number of hydrogen-bond acceptors (Lipinski definition) is 3. The highest BCUT2D eigenvalue weighted by molar-refractivity contribution is 9.10. The van der Waals surface area contributed by atoms with E-state index in [1.165, 1.54) is 4.68 Å². The van der Waals surface area contributed by atoms with Crippen LogP contribution in [0.15, 0.2) is 22.7 Å². The maximum atomic E-state index is 14.0. The zero-order valence-corrected chi connectivity index (χ0v) is 11.4. The second-order valence-corrected chi connectivity index (χ2v) is 4.69. The highest BCUT2D eigenvalue weighted by Gasteiger charge is 2.15. The number of halogens is 2. The molecule has 2 rings (SSSR count). The fraction of sp³-hybridized carbons (Fsp3) is 0.273. The summed E-state index contributed by atoms with van der Waals surface area (Å²) in [5, 5.41) is 4.21.